The van der Waals surface area contributed by atoms with Crippen LogP contribution >= 0.6 is 0 Å². The molecular weight excluding hydrogens is 250 g/mol. The zero-order valence-electron chi connectivity index (χ0n) is 14.1. The van der Waals surface area contributed by atoms with Crippen LogP contribution in [0.25, 0.3) is 0 Å². The Balaban J connectivity index is 2.23. The van der Waals surface area contributed by atoms with Crippen LogP contribution in [-0.2, 0) is 4.74 Å². The van der Waals surface area contributed by atoms with Gasteiger partial charge < -0.3 is 4.74 Å². The van der Waals surface area contributed by atoms with E-state index >= 15 is 0 Å². The molecule has 20 heavy (non-hydrogen) atoms. The fraction of sp³-hybridized carbons (Fsp3) is 1.00. The van der Waals surface area contributed by atoms with E-state index in [1.165, 1.54) is 25.9 Å². The summed E-state index contributed by atoms with van der Waals surface area (Å²) in [4.78, 5) is 2.58. The number of hydrogen-bond donors (Lipinski definition) is 2. The zero-order chi connectivity index (χ0) is 15.2. The van der Waals surface area contributed by atoms with Gasteiger partial charge in [0.25, 0.3) is 0 Å². The highest BCUT2D eigenvalue weighted by Crippen LogP contribution is 2.46. The van der Waals surface area contributed by atoms with Gasteiger partial charge in [-0.05, 0) is 73.9 Å². The lowest BCUT2D eigenvalue weighted by atomic mass is 9.74. The van der Waals surface area contributed by atoms with Gasteiger partial charge in [0.15, 0.2) is 0 Å². The molecule has 2 aliphatic heterocycles. The van der Waals surface area contributed by atoms with Gasteiger partial charge in [-0.2, -0.15) is 0 Å². The van der Waals surface area contributed by atoms with Crippen molar-refractivity contribution >= 4 is 0 Å². The van der Waals surface area contributed by atoms with Crippen molar-refractivity contribution in [3.63, 3.8) is 0 Å². The van der Waals surface area contributed by atoms with Gasteiger partial charge in [0.1, 0.15) is 0 Å². The van der Waals surface area contributed by atoms with E-state index in [1.807, 2.05) is 0 Å². The summed E-state index contributed by atoms with van der Waals surface area (Å²) >= 11 is 0. The molecule has 2 saturated heterocycles. The molecule has 2 heterocycles. The van der Waals surface area contributed by atoms with Crippen molar-refractivity contribution in [2.45, 2.75) is 83.6 Å². The van der Waals surface area contributed by atoms with Crippen LogP contribution in [0.4, 0.5) is 0 Å². The number of hydrogen-bond acceptors (Lipinski definition) is 4. The summed E-state index contributed by atoms with van der Waals surface area (Å²) in [6.07, 6.45) is 3.65. The Hall–Kier alpha value is -0.160. The first-order chi connectivity index (χ1) is 9.10. The standard InChI is InChI=1S/C16H33N3O/c1-14(2)11-12(16(5,6)20-14)13(18-17)15(3,4)19-9-7-8-10-19/h12-13,18H,7-11,17H2,1-6H3. The number of nitrogens with zero attached hydrogens (tertiary/aromatic N) is 1. The minimum Gasteiger partial charge on any atom is -0.369 e. The predicted octanol–water partition coefficient (Wildman–Crippen LogP) is 2.29. The van der Waals surface area contributed by atoms with Crippen molar-refractivity contribution < 1.29 is 4.74 Å². The number of nitrogens with one attached hydrogen (secondary N) is 1. The molecule has 0 aromatic heterocycles. The van der Waals surface area contributed by atoms with Gasteiger partial charge in [0.05, 0.1) is 11.2 Å². The number of nitrogens with two attached hydrogens (primary N) is 1. The minimum absolute atomic E-state index is 0.0525. The Morgan fingerprint density at radius 1 is 1.20 bits per heavy atom. The highest BCUT2D eigenvalue weighted by Gasteiger charge is 2.53. The summed E-state index contributed by atoms with van der Waals surface area (Å²) in [5.74, 6) is 6.40. The summed E-state index contributed by atoms with van der Waals surface area (Å²) in [5.41, 5.74) is 2.98. The van der Waals surface area contributed by atoms with E-state index < -0.39 is 0 Å². The molecule has 4 nitrogen and oxygen atoms in total. The second-order valence-corrected chi connectivity index (χ2v) is 8.27. The number of likely N-dealkylation sites (tertiary alicyclic amines) is 1. The van der Waals surface area contributed by atoms with Gasteiger partial charge in [0.2, 0.25) is 0 Å². The second-order valence-electron chi connectivity index (χ2n) is 8.27. The number of hydrazine groups is 1. The number of ether oxygens (including phenoxy) is 1. The lowest BCUT2D eigenvalue weighted by molar-refractivity contribution is -0.0839. The zero-order valence-corrected chi connectivity index (χ0v) is 14.1. The second kappa shape index (κ2) is 5.24. The van der Waals surface area contributed by atoms with Gasteiger partial charge in [0, 0.05) is 17.5 Å². The predicted molar refractivity (Wildman–Crippen MR) is 83.3 cm³/mol. The van der Waals surface area contributed by atoms with Crippen molar-refractivity contribution in [2.75, 3.05) is 13.1 Å². The third-order valence-corrected chi connectivity index (χ3v) is 5.41. The third kappa shape index (κ3) is 2.89. The largest absolute Gasteiger partial charge is 0.369 e. The topological polar surface area (TPSA) is 50.5 Å². The maximum absolute atomic E-state index is 6.28. The average molecular weight is 283 g/mol. The van der Waals surface area contributed by atoms with Crippen LogP contribution in [0, 0.1) is 5.92 Å². The smallest absolute Gasteiger partial charge is 0.0678 e. The molecule has 0 radical (unpaired) electrons. The molecule has 0 aromatic rings. The fourth-order valence-corrected chi connectivity index (χ4v) is 4.43. The van der Waals surface area contributed by atoms with E-state index in [2.05, 4.69) is 51.9 Å². The lowest BCUT2D eigenvalue weighted by Crippen LogP contribution is -2.63. The Morgan fingerprint density at radius 3 is 2.15 bits per heavy atom. The van der Waals surface area contributed by atoms with Crippen molar-refractivity contribution in [1.29, 1.82) is 0 Å². The Kier molecular flexibility index (Phi) is 4.25. The first-order valence-electron chi connectivity index (χ1n) is 8.01. The molecule has 3 N–H and O–H groups in total. The molecule has 2 aliphatic rings. The Morgan fingerprint density at radius 2 is 1.75 bits per heavy atom. The molecule has 2 fully saturated rings. The minimum atomic E-state index is -0.141. The molecule has 0 aliphatic carbocycles. The van der Waals surface area contributed by atoms with Crippen molar-refractivity contribution in [3.8, 4) is 0 Å². The maximum Gasteiger partial charge on any atom is 0.0678 e. The van der Waals surface area contributed by atoms with Crippen molar-refractivity contribution in [3.05, 3.63) is 0 Å². The molecule has 2 atom stereocenters. The quantitative estimate of drug-likeness (QED) is 0.614. The monoisotopic (exact) mass is 283 g/mol. The van der Waals surface area contributed by atoms with Crippen LogP contribution in [0.1, 0.15) is 60.8 Å². The van der Waals surface area contributed by atoms with Crippen molar-refractivity contribution in [1.82, 2.24) is 10.3 Å². The summed E-state index contributed by atoms with van der Waals surface area (Å²) in [6, 6.07) is 0.234. The molecule has 118 valence electrons. The lowest BCUT2D eigenvalue weighted by Gasteiger charge is -2.47. The van der Waals surface area contributed by atoms with E-state index in [0.29, 0.717) is 5.92 Å². The molecule has 0 amide bonds. The van der Waals surface area contributed by atoms with Gasteiger partial charge in [-0.25, -0.2) is 0 Å². The Bertz CT molecular complexity index is 346. The molecular formula is C16H33N3O. The summed E-state index contributed by atoms with van der Waals surface area (Å²) < 4.78 is 6.28. The van der Waals surface area contributed by atoms with Crippen LogP contribution in [0.2, 0.25) is 0 Å². The van der Waals surface area contributed by atoms with E-state index in [1.54, 1.807) is 0 Å². The molecule has 4 heteroatoms. The summed E-state index contributed by atoms with van der Waals surface area (Å²) in [6.45, 7) is 15.8. The van der Waals surface area contributed by atoms with E-state index in [0.717, 1.165) is 6.42 Å². The third-order valence-electron chi connectivity index (χ3n) is 5.41. The van der Waals surface area contributed by atoms with Gasteiger partial charge in [-0.3, -0.25) is 16.2 Å². The van der Waals surface area contributed by atoms with Crippen LogP contribution in [0.3, 0.4) is 0 Å². The molecule has 0 aromatic carbocycles. The first kappa shape index (κ1) is 16.2. The molecule has 2 rings (SSSR count). The van der Waals surface area contributed by atoms with E-state index in [9.17, 15) is 0 Å². The normalized spacial score (nSPS) is 31.6. The first-order valence-corrected chi connectivity index (χ1v) is 8.01. The molecule has 0 spiro atoms. The SMILES string of the molecule is CC1(C)CC(C(NN)C(C)(C)N2CCCC2)C(C)(C)O1. The number of rotatable bonds is 4. The van der Waals surface area contributed by atoms with E-state index in [-0.39, 0.29) is 22.8 Å². The fourth-order valence-electron chi connectivity index (χ4n) is 4.43. The summed E-state index contributed by atoms with van der Waals surface area (Å²) in [5, 5.41) is 0. The van der Waals surface area contributed by atoms with Crippen LogP contribution in [-0.4, -0.2) is 40.8 Å². The van der Waals surface area contributed by atoms with Crippen LogP contribution in [0.15, 0.2) is 0 Å². The maximum atomic E-state index is 6.28. The highest BCUT2D eigenvalue weighted by molar-refractivity contribution is 5.06. The summed E-state index contributed by atoms with van der Waals surface area (Å²) in [7, 11) is 0. The van der Waals surface area contributed by atoms with Gasteiger partial charge in [-0.15, -0.1) is 0 Å². The van der Waals surface area contributed by atoms with Gasteiger partial charge >= 0.3 is 0 Å². The Labute approximate surface area is 124 Å². The highest BCUT2D eigenvalue weighted by atomic mass is 16.5. The molecule has 0 bridgehead atoms. The van der Waals surface area contributed by atoms with E-state index in [4.69, 9.17) is 10.6 Å². The average Bonchev–Trinajstić information content (AvgIpc) is 2.86. The van der Waals surface area contributed by atoms with Crippen molar-refractivity contribution in [2.24, 2.45) is 11.8 Å². The van der Waals surface area contributed by atoms with Crippen LogP contribution in [0.5, 0.6) is 0 Å². The molecule has 2 unspecified atom stereocenters. The van der Waals surface area contributed by atoms with Crippen LogP contribution < -0.4 is 11.3 Å². The molecule has 0 saturated carbocycles. The van der Waals surface area contributed by atoms with Gasteiger partial charge in [-0.1, -0.05) is 0 Å².